The van der Waals surface area contributed by atoms with Crippen molar-refractivity contribution in [1.29, 1.82) is 5.26 Å². The van der Waals surface area contributed by atoms with Crippen LogP contribution in [0.1, 0.15) is 65.7 Å². The average Bonchev–Trinajstić information content (AvgIpc) is 3.53. The van der Waals surface area contributed by atoms with Crippen molar-refractivity contribution < 1.29 is 32.3 Å². The Balaban J connectivity index is 1.33. The molecule has 0 aromatic carbocycles. The van der Waals surface area contributed by atoms with Crippen LogP contribution in [-0.2, 0) is 19.2 Å². The van der Waals surface area contributed by atoms with E-state index in [1.54, 1.807) is 6.92 Å². The number of carbonyl (C=O) groups is 4. The highest BCUT2D eigenvalue weighted by Crippen LogP contribution is 2.65. The van der Waals surface area contributed by atoms with Crippen molar-refractivity contribution >= 4 is 23.6 Å². The van der Waals surface area contributed by atoms with E-state index in [2.05, 4.69) is 16.7 Å². The summed E-state index contributed by atoms with van der Waals surface area (Å²) in [6.07, 6.45) is -0.887. The summed E-state index contributed by atoms with van der Waals surface area (Å²) in [4.78, 5) is 52.8. The zero-order valence-corrected chi connectivity index (χ0v) is 21.8. The lowest BCUT2D eigenvalue weighted by Gasteiger charge is -2.46. The predicted molar refractivity (Wildman–Crippen MR) is 127 cm³/mol. The van der Waals surface area contributed by atoms with Crippen LogP contribution in [0.2, 0.25) is 0 Å². The van der Waals surface area contributed by atoms with Crippen LogP contribution in [0.25, 0.3) is 0 Å². The molecule has 6 atom stereocenters. The van der Waals surface area contributed by atoms with Crippen molar-refractivity contribution in [2.75, 3.05) is 6.54 Å². The van der Waals surface area contributed by atoms with Gasteiger partial charge in [0.2, 0.25) is 17.7 Å². The second-order valence-electron chi connectivity index (χ2n) is 12.9. The Morgan fingerprint density at radius 1 is 1.16 bits per heavy atom. The first-order valence-corrected chi connectivity index (χ1v) is 13.3. The summed E-state index contributed by atoms with van der Waals surface area (Å²) < 4.78 is 39.3. The maximum atomic E-state index is 13.7. The maximum Gasteiger partial charge on any atom is 0.471 e. The summed E-state index contributed by atoms with van der Waals surface area (Å²) >= 11 is 0. The van der Waals surface area contributed by atoms with Crippen molar-refractivity contribution in [2.45, 2.75) is 95.6 Å². The summed E-state index contributed by atoms with van der Waals surface area (Å²) in [5.74, 6) is -4.20. The zero-order chi connectivity index (χ0) is 27.8. The number of alkyl halides is 3. The molecule has 5 rings (SSSR count). The van der Waals surface area contributed by atoms with Gasteiger partial charge in [0.25, 0.3) is 0 Å². The van der Waals surface area contributed by atoms with Crippen LogP contribution in [0.3, 0.4) is 0 Å². The van der Waals surface area contributed by atoms with Gasteiger partial charge in [0, 0.05) is 18.0 Å². The van der Waals surface area contributed by atoms with Gasteiger partial charge in [0.05, 0.1) is 6.07 Å². The molecule has 0 radical (unpaired) electrons. The molecule has 5 fully saturated rings. The van der Waals surface area contributed by atoms with Gasteiger partial charge in [-0.2, -0.15) is 18.4 Å². The highest BCUT2D eigenvalue weighted by atomic mass is 19.4. The summed E-state index contributed by atoms with van der Waals surface area (Å²) in [5, 5.41) is 17.4. The Hall–Kier alpha value is -2.84. The molecule has 3 aliphatic carbocycles. The van der Waals surface area contributed by atoms with Crippen molar-refractivity contribution in [3.05, 3.63) is 0 Å². The molecule has 0 bridgehead atoms. The number of hydrogen-bond acceptors (Lipinski definition) is 5. The lowest BCUT2D eigenvalue weighted by Crippen LogP contribution is -2.63. The van der Waals surface area contributed by atoms with E-state index in [-0.39, 0.29) is 41.7 Å². The molecule has 2 saturated heterocycles. The predicted octanol–water partition coefficient (Wildman–Crippen LogP) is 1.77. The molecule has 9 nitrogen and oxygen atoms in total. The summed E-state index contributed by atoms with van der Waals surface area (Å²) in [6, 6.07) is -1.28. The molecule has 12 heteroatoms. The van der Waals surface area contributed by atoms with E-state index >= 15 is 0 Å². The van der Waals surface area contributed by atoms with Gasteiger partial charge in [-0.05, 0) is 61.2 Å². The third-order valence-corrected chi connectivity index (χ3v) is 9.98. The minimum atomic E-state index is -5.14. The maximum absolute atomic E-state index is 13.7. The van der Waals surface area contributed by atoms with Crippen LogP contribution in [0, 0.1) is 39.9 Å². The van der Waals surface area contributed by atoms with Crippen LogP contribution in [0.5, 0.6) is 0 Å². The van der Waals surface area contributed by atoms with Gasteiger partial charge in [-0.3, -0.25) is 19.2 Å². The highest BCUT2D eigenvalue weighted by Gasteiger charge is 2.70. The number of halogens is 3. The van der Waals surface area contributed by atoms with Gasteiger partial charge >= 0.3 is 12.1 Å². The van der Waals surface area contributed by atoms with E-state index in [0.717, 1.165) is 19.3 Å². The third-order valence-electron chi connectivity index (χ3n) is 9.98. The monoisotopic (exact) mass is 537 g/mol. The molecule has 3 N–H and O–H groups in total. The molecule has 2 aliphatic heterocycles. The van der Waals surface area contributed by atoms with Gasteiger partial charge in [0.15, 0.2) is 0 Å². The molecule has 208 valence electrons. The Kier molecular flexibility index (Phi) is 6.04. The molecule has 38 heavy (non-hydrogen) atoms. The van der Waals surface area contributed by atoms with Gasteiger partial charge in [-0.15, -0.1) is 0 Å². The fourth-order valence-corrected chi connectivity index (χ4v) is 7.08. The third kappa shape index (κ3) is 4.41. The van der Waals surface area contributed by atoms with E-state index in [4.69, 9.17) is 0 Å². The molecular formula is C26H34F3N5O4. The van der Waals surface area contributed by atoms with Crippen molar-refractivity contribution in [1.82, 2.24) is 20.9 Å². The lowest BCUT2D eigenvalue weighted by molar-refractivity contribution is -0.177. The number of likely N-dealkylation sites (tertiary alicyclic amines) is 1. The number of amides is 4. The van der Waals surface area contributed by atoms with Crippen LogP contribution in [0.4, 0.5) is 13.2 Å². The van der Waals surface area contributed by atoms with Crippen molar-refractivity contribution in [2.24, 2.45) is 28.6 Å². The number of hydrogen-bond donors (Lipinski definition) is 3. The minimum Gasteiger partial charge on any atom is -0.350 e. The van der Waals surface area contributed by atoms with Crippen LogP contribution < -0.4 is 16.0 Å². The van der Waals surface area contributed by atoms with Crippen LogP contribution in [0.15, 0.2) is 0 Å². The quantitative estimate of drug-likeness (QED) is 0.456. The summed E-state index contributed by atoms with van der Waals surface area (Å²) in [7, 11) is 0. The lowest BCUT2D eigenvalue weighted by atomic mass is 9.65. The van der Waals surface area contributed by atoms with Crippen LogP contribution in [-0.4, -0.2) is 64.9 Å². The number of rotatable bonds is 7. The molecule has 0 aromatic heterocycles. The Morgan fingerprint density at radius 2 is 1.82 bits per heavy atom. The van der Waals surface area contributed by atoms with Crippen LogP contribution >= 0.6 is 0 Å². The Labute approximate surface area is 219 Å². The number of nitrogens with zero attached hydrogens (tertiary/aromatic N) is 2. The number of nitrogens with one attached hydrogen (secondary N) is 3. The van der Waals surface area contributed by atoms with E-state index in [1.165, 1.54) is 4.90 Å². The molecule has 0 aromatic rings. The Bertz CT molecular complexity index is 1110. The molecule has 1 spiro atoms. The number of fused-ring (bicyclic) bond motifs is 1. The fraction of sp³-hybridized carbons (Fsp3) is 0.808. The second-order valence-corrected chi connectivity index (χ2v) is 12.9. The molecular weight excluding hydrogens is 503 g/mol. The highest BCUT2D eigenvalue weighted by molar-refractivity contribution is 5.95. The molecule has 2 heterocycles. The minimum absolute atomic E-state index is 0.0220. The number of carbonyl (C=O) groups excluding carboxylic acids is 4. The molecule has 4 unspecified atom stereocenters. The average molecular weight is 538 g/mol. The largest absolute Gasteiger partial charge is 0.471 e. The van der Waals surface area contributed by atoms with Crippen molar-refractivity contribution in [3.63, 3.8) is 0 Å². The van der Waals surface area contributed by atoms with Crippen molar-refractivity contribution in [3.8, 4) is 6.07 Å². The summed E-state index contributed by atoms with van der Waals surface area (Å²) in [5.41, 5.74) is -1.26. The molecule has 4 amide bonds. The first kappa shape index (κ1) is 26.8. The Morgan fingerprint density at radius 3 is 2.32 bits per heavy atom. The molecule has 5 aliphatic rings. The van der Waals surface area contributed by atoms with Gasteiger partial charge in [-0.25, -0.2) is 0 Å². The van der Waals surface area contributed by atoms with E-state index < -0.39 is 53.4 Å². The zero-order valence-electron chi connectivity index (χ0n) is 21.8. The standard InChI is InChI=1S/C26H34F3N5O4/c1-23(2)15-12-34(21(37)18(24(3)5-4-6-24)32-22(38)26(27,28)29)17(16(15)23)20(36)31-14(11-30)9-13-10-25(7-8-25)33-19(13)35/h13-18H,4-10,12H2,1-3H3,(H,31,36)(H,32,38)(H,33,35)/t13-,14+,15?,16?,17?,18?/m1/s1. The van der Waals surface area contributed by atoms with E-state index in [0.29, 0.717) is 19.3 Å². The summed E-state index contributed by atoms with van der Waals surface area (Å²) in [6.45, 7) is 5.81. The van der Waals surface area contributed by atoms with E-state index in [9.17, 15) is 37.6 Å². The molecule has 3 saturated carbocycles. The first-order chi connectivity index (χ1) is 17.6. The van der Waals surface area contributed by atoms with Gasteiger partial charge in [-0.1, -0.05) is 27.2 Å². The fourth-order valence-electron chi connectivity index (χ4n) is 7.08. The normalized spacial score (nSPS) is 32.8. The van der Waals surface area contributed by atoms with Gasteiger partial charge < -0.3 is 20.9 Å². The first-order valence-electron chi connectivity index (χ1n) is 13.3. The van der Waals surface area contributed by atoms with E-state index in [1.807, 2.05) is 19.2 Å². The smallest absolute Gasteiger partial charge is 0.350 e. The van der Waals surface area contributed by atoms with Gasteiger partial charge in [0.1, 0.15) is 18.1 Å². The number of nitriles is 1. The number of piperidine rings is 1. The topological polar surface area (TPSA) is 131 Å². The second kappa shape index (κ2) is 8.58. The SMILES string of the molecule is CC1(C(NC(=O)C(F)(F)F)C(=O)N2CC3C(C2C(=O)N[C@H](C#N)C[C@@H]2CC4(CC4)NC2=O)C3(C)C)CCC1.